The minimum atomic E-state index is -3.99. The first-order chi connectivity index (χ1) is 4.56. The minimum Gasteiger partial charge on any atom is -0.748 e. The molecule has 0 N–H and O–H groups in total. The second-order valence-electron chi connectivity index (χ2n) is 2.05. The molecule has 0 rings (SSSR count). The summed E-state index contributed by atoms with van der Waals surface area (Å²) in [4.78, 5) is 0. The standard InChI is InChI=1S/C6H12O3S.Na/c1-2-3-4-5-6-10(7,8)9;/h2H,1,3-6H2,(H,7,8,9);/q;+1/p-1. The molecule has 0 aliphatic carbocycles. The van der Waals surface area contributed by atoms with Crippen molar-refractivity contribution in [3.05, 3.63) is 12.7 Å². The SMILES string of the molecule is C=CCCCCS(=O)(=O)[O-].[Na+]. The fraction of sp³-hybridized carbons (Fsp3) is 0.667. The van der Waals surface area contributed by atoms with Crippen LogP contribution in [0, 0.1) is 0 Å². The molecule has 0 saturated carbocycles. The van der Waals surface area contributed by atoms with Crippen LogP contribution >= 0.6 is 0 Å². The fourth-order valence-corrected chi connectivity index (χ4v) is 1.13. The normalized spacial score (nSPS) is 10.3. The second-order valence-corrected chi connectivity index (χ2v) is 3.57. The summed E-state index contributed by atoms with van der Waals surface area (Å²) < 4.78 is 30.0. The first kappa shape index (κ1) is 14.2. The van der Waals surface area contributed by atoms with E-state index in [1.807, 2.05) is 0 Å². The third kappa shape index (κ3) is 13.6. The first-order valence-corrected chi connectivity index (χ1v) is 4.68. The predicted octanol–water partition coefficient (Wildman–Crippen LogP) is -2.11. The summed E-state index contributed by atoms with van der Waals surface area (Å²) in [5.41, 5.74) is 0. The topological polar surface area (TPSA) is 57.2 Å². The Hall–Kier alpha value is 0.650. The molecule has 0 fully saturated rings. The van der Waals surface area contributed by atoms with E-state index in [4.69, 9.17) is 0 Å². The Labute approximate surface area is 89.9 Å². The zero-order valence-electron chi connectivity index (χ0n) is 6.75. The molecule has 5 heteroatoms. The molecule has 0 aromatic heterocycles. The van der Waals surface area contributed by atoms with Crippen molar-refractivity contribution in [2.75, 3.05) is 5.75 Å². The molecule has 0 aliphatic heterocycles. The number of allylic oxidation sites excluding steroid dienone is 1. The maximum absolute atomic E-state index is 10.0. The Morgan fingerprint density at radius 2 is 1.91 bits per heavy atom. The Bertz CT molecular complexity index is 186. The average molecular weight is 186 g/mol. The van der Waals surface area contributed by atoms with Crippen LogP contribution in [0.1, 0.15) is 19.3 Å². The van der Waals surface area contributed by atoms with E-state index < -0.39 is 10.1 Å². The number of rotatable bonds is 5. The molecule has 0 unspecified atom stereocenters. The van der Waals surface area contributed by atoms with Crippen LogP contribution in [0.5, 0.6) is 0 Å². The van der Waals surface area contributed by atoms with Gasteiger partial charge in [0.15, 0.2) is 0 Å². The smallest absolute Gasteiger partial charge is 0.748 e. The van der Waals surface area contributed by atoms with Crippen LogP contribution in [0.4, 0.5) is 0 Å². The van der Waals surface area contributed by atoms with E-state index in [1.54, 1.807) is 6.08 Å². The van der Waals surface area contributed by atoms with Gasteiger partial charge in [-0.25, -0.2) is 8.42 Å². The van der Waals surface area contributed by atoms with E-state index in [2.05, 4.69) is 6.58 Å². The number of hydrogen-bond donors (Lipinski definition) is 0. The van der Waals surface area contributed by atoms with Gasteiger partial charge in [-0.1, -0.05) is 6.08 Å². The van der Waals surface area contributed by atoms with Gasteiger partial charge in [-0.15, -0.1) is 6.58 Å². The second kappa shape index (κ2) is 7.31. The van der Waals surface area contributed by atoms with Gasteiger partial charge in [-0.2, -0.15) is 0 Å². The van der Waals surface area contributed by atoms with Gasteiger partial charge >= 0.3 is 29.6 Å². The number of unbranched alkanes of at least 4 members (excludes halogenated alkanes) is 2. The van der Waals surface area contributed by atoms with Crippen molar-refractivity contribution in [2.45, 2.75) is 19.3 Å². The summed E-state index contributed by atoms with van der Waals surface area (Å²) in [6, 6.07) is 0. The summed E-state index contributed by atoms with van der Waals surface area (Å²) in [5.74, 6) is -0.249. The van der Waals surface area contributed by atoms with Crippen molar-refractivity contribution in [3.8, 4) is 0 Å². The van der Waals surface area contributed by atoms with Gasteiger partial charge in [-0.3, -0.25) is 0 Å². The maximum Gasteiger partial charge on any atom is 1.00 e. The molecule has 0 heterocycles. The molecule has 0 atom stereocenters. The zero-order chi connectivity index (χ0) is 8.04. The molecule has 0 amide bonds. The van der Waals surface area contributed by atoms with Crippen molar-refractivity contribution in [1.29, 1.82) is 0 Å². The van der Waals surface area contributed by atoms with Gasteiger partial charge in [0.2, 0.25) is 0 Å². The van der Waals surface area contributed by atoms with Gasteiger partial charge in [0.25, 0.3) is 0 Å². The summed E-state index contributed by atoms with van der Waals surface area (Å²) in [6.07, 6.45) is 3.65. The number of hydrogen-bond acceptors (Lipinski definition) is 3. The van der Waals surface area contributed by atoms with Gasteiger partial charge < -0.3 is 4.55 Å². The summed E-state index contributed by atoms with van der Waals surface area (Å²) >= 11 is 0. The van der Waals surface area contributed by atoms with Gasteiger partial charge in [0.1, 0.15) is 0 Å². The summed E-state index contributed by atoms with van der Waals surface area (Å²) in [5, 5.41) is 0. The van der Waals surface area contributed by atoms with Crippen LogP contribution in [0.25, 0.3) is 0 Å². The molecule has 60 valence electrons. The monoisotopic (exact) mass is 186 g/mol. The van der Waals surface area contributed by atoms with Crippen molar-refractivity contribution in [1.82, 2.24) is 0 Å². The minimum absolute atomic E-state index is 0. The molecular formula is C6H11NaO3S. The Morgan fingerprint density at radius 3 is 2.27 bits per heavy atom. The molecule has 0 saturated heterocycles. The van der Waals surface area contributed by atoms with E-state index in [-0.39, 0.29) is 35.3 Å². The molecular weight excluding hydrogens is 175 g/mol. The van der Waals surface area contributed by atoms with E-state index in [0.29, 0.717) is 6.42 Å². The molecule has 0 aliphatic rings. The van der Waals surface area contributed by atoms with Crippen LogP contribution in [0.2, 0.25) is 0 Å². The molecule has 0 radical (unpaired) electrons. The van der Waals surface area contributed by atoms with E-state index in [1.165, 1.54) is 0 Å². The van der Waals surface area contributed by atoms with Crippen LogP contribution in [-0.4, -0.2) is 18.7 Å². The Morgan fingerprint density at radius 1 is 1.36 bits per heavy atom. The van der Waals surface area contributed by atoms with Crippen LogP contribution in [0.3, 0.4) is 0 Å². The van der Waals surface area contributed by atoms with Gasteiger partial charge in [-0.05, 0) is 19.3 Å². The average Bonchev–Trinajstić information content (AvgIpc) is 1.78. The molecule has 3 nitrogen and oxygen atoms in total. The largest absolute Gasteiger partial charge is 1.00 e. The molecule has 0 spiro atoms. The summed E-state index contributed by atoms with van der Waals surface area (Å²) in [6.45, 7) is 3.47. The fourth-order valence-electron chi connectivity index (χ4n) is 0.568. The molecule has 0 bridgehead atoms. The molecule has 0 aromatic rings. The van der Waals surface area contributed by atoms with Crippen molar-refractivity contribution in [3.63, 3.8) is 0 Å². The summed E-state index contributed by atoms with van der Waals surface area (Å²) in [7, 11) is -3.99. The zero-order valence-corrected chi connectivity index (χ0v) is 9.56. The van der Waals surface area contributed by atoms with E-state index in [0.717, 1.165) is 12.8 Å². The van der Waals surface area contributed by atoms with Crippen LogP contribution in [0.15, 0.2) is 12.7 Å². The first-order valence-electron chi connectivity index (χ1n) is 3.11. The Kier molecular flexibility index (Phi) is 9.43. The van der Waals surface area contributed by atoms with Crippen molar-refractivity contribution in [2.24, 2.45) is 0 Å². The third-order valence-corrected chi connectivity index (χ3v) is 1.84. The third-order valence-electron chi connectivity index (χ3n) is 1.05. The van der Waals surface area contributed by atoms with Crippen LogP contribution < -0.4 is 29.6 Å². The quantitative estimate of drug-likeness (QED) is 0.214. The predicted molar refractivity (Wildman–Crippen MR) is 38.6 cm³/mol. The van der Waals surface area contributed by atoms with Gasteiger partial charge in [0, 0.05) is 5.75 Å². The van der Waals surface area contributed by atoms with Crippen molar-refractivity contribution < 1.29 is 42.5 Å². The van der Waals surface area contributed by atoms with E-state index in [9.17, 15) is 13.0 Å². The maximum atomic E-state index is 10.0. The van der Waals surface area contributed by atoms with Crippen LogP contribution in [-0.2, 0) is 10.1 Å². The Balaban J connectivity index is 0. The van der Waals surface area contributed by atoms with Crippen molar-refractivity contribution >= 4 is 10.1 Å². The molecule has 11 heavy (non-hydrogen) atoms. The van der Waals surface area contributed by atoms with Gasteiger partial charge in [0.05, 0.1) is 10.1 Å². The molecule has 0 aromatic carbocycles. The van der Waals surface area contributed by atoms with E-state index >= 15 is 0 Å².